The minimum atomic E-state index is 0.348. The molecule has 1 heterocycles. The number of likely N-dealkylation sites (tertiary alicyclic amines) is 1. The Hall–Kier alpha value is -0.860. The molecule has 0 saturated carbocycles. The molecule has 1 aliphatic heterocycles. The van der Waals surface area contributed by atoms with E-state index >= 15 is 0 Å². The molecule has 1 fully saturated rings. The van der Waals surface area contributed by atoms with E-state index in [4.69, 9.17) is 11.6 Å². The second-order valence-electron chi connectivity index (χ2n) is 4.08. The van der Waals surface area contributed by atoms with Crippen molar-refractivity contribution < 1.29 is 4.79 Å². The number of halogens is 1. The minimum absolute atomic E-state index is 0.348. The molecule has 0 N–H and O–H groups in total. The lowest BCUT2D eigenvalue weighted by Crippen LogP contribution is -2.20. The quantitative estimate of drug-likeness (QED) is 0.768. The third-order valence-electron chi connectivity index (χ3n) is 2.74. The summed E-state index contributed by atoms with van der Waals surface area (Å²) in [5, 5.41) is 0.802. The summed E-state index contributed by atoms with van der Waals surface area (Å²) in [6.45, 7) is 4.34. The smallest absolute Gasteiger partial charge is 0.148 e. The summed E-state index contributed by atoms with van der Waals surface area (Å²) >= 11 is 5.95. The summed E-state index contributed by atoms with van der Waals surface area (Å²) < 4.78 is 0. The van der Waals surface area contributed by atoms with Crippen LogP contribution >= 0.6 is 11.6 Å². The number of Topliss-reactive ketones (excluding diaryl/α,β-unsaturated/α-hetero) is 1. The van der Waals surface area contributed by atoms with Crippen molar-refractivity contribution in [3.63, 3.8) is 0 Å². The number of rotatable bonds is 2. The third-order valence-corrected chi connectivity index (χ3v) is 3.16. The number of ketones is 1. The fourth-order valence-corrected chi connectivity index (χ4v) is 2.01. The van der Waals surface area contributed by atoms with E-state index in [9.17, 15) is 4.79 Å². The maximum atomic E-state index is 11.1. The molecule has 0 atom stereocenters. The maximum absolute atomic E-state index is 11.1. The van der Waals surface area contributed by atoms with E-state index < -0.39 is 0 Å². The molecule has 80 valence electrons. The van der Waals surface area contributed by atoms with E-state index in [1.807, 2.05) is 19.1 Å². The summed E-state index contributed by atoms with van der Waals surface area (Å²) in [6.07, 6.45) is 0.701. The van der Waals surface area contributed by atoms with E-state index in [2.05, 4.69) is 11.0 Å². The van der Waals surface area contributed by atoms with E-state index in [0.717, 1.165) is 23.7 Å². The Kier molecular flexibility index (Phi) is 3.08. The van der Waals surface area contributed by atoms with Gasteiger partial charge in [-0.2, -0.15) is 0 Å². The Labute approximate surface area is 94.8 Å². The van der Waals surface area contributed by atoms with Gasteiger partial charge in [-0.25, -0.2) is 0 Å². The Bertz CT molecular complexity index is 389. The van der Waals surface area contributed by atoms with Crippen LogP contribution in [0.25, 0.3) is 0 Å². The van der Waals surface area contributed by atoms with Gasteiger partial charge >= 0.3 is 0 Å². The van der Waals surface area contributed by atoms with Crippen LogP contribution in [0.5, 0.6) is 0 Å². The van der Waals surface area contributed by atoms with Gasteiger partial charge in [-0.1, -0.05) is 23.7 Å². The molecule has 0 amide bonds. The fraction of sp³-hybridized carbons (Fsp3) is 0.417. The highest BCUT2D eigenvalue weighted by molar-refractivity contribution is 6.31. The lowest BCUT2D eigenvalue weighted by Gasteiger charge is -2.14. The van der Waals surface area contributed by atoms with Crippen molar-refractivity contribution in [3.05, 3.63) is 34.3 Å². The molecular formula is C12H14ClNO. The zero-order valence-corrected chi connectivity index (χ0v) is 9.55. The largest absolute Gasteiger partial charge is 0.298 e. The third kappa shape index (κ3) is 2.58. The Balaban J connectivity index is 2.05. The highest BCUT2D eigenvalue weighted by atomic mass is 35.5. The van der Waals surface area contributed by atoms with Crippen molar-refractivity contribution in [3.8, 4) is 0 Å². The van der Waals surface area contributed by atoms with Gasteiger partial charge in [0, 0.05) is 24.5 Å². The van der Waals surface area contributed by atoms with Crippen molar-refractivity contribution in [2.45, 2.75) is 19.9 Å². The number of aryl methyl sites for hydroxylation is 1. The normalized spacial score (nSPS) is 17.3. The van der Waals surface area contributed by atoms with Gasteiger partial charge in [0.05, 0.1) is 6.54 Å². The number of carbonyl (C=O) groups is 1. The molecular weight excluding hydrogens is 210 g/mol. The Morgan fingerprint density at radius 2 is 2.27 bits per heavy atom. The molecule has 0 aliphatic carbocycles. The van der Waals surface area contributed by atoms with Gasteiger partial charge in [0.15, 0.2) is 0 Å². The fourth-order valence-electron chi connectivity index (χ4n) is 1.89. The van der Waals surface area contributed by atoms with Gasteiger partial charge < -0.3 is 0 Å². The van der Waals surface area contributed by atoms with Crippen molar-refractivity contribution >= 4 is 17.4 Å². The van der Waals surface area contributed by atoms with E-state index in [-0.39, 0.29) is 0 Å². The predicted molar refractivity (Wildman–Crippen MR) is 61.1 cm³/mol. The van der Waals surface area contributed by atoms with Crippen LogP contribution in [-0.2, 0) is 11.3 Å². The van der Waals surface area contributed by atoms with Gasteiger partial charge in [0.1, 0.15) is 5.78 Å². The summed E-state index contributed by atoms with van der Waals surface area (Å²) in [6, 6.07) is 6.04. The molecule has 1 aromatic carbocycles. The molecule has 0 radical (unpaired) electrons. The molecule has 15 heavy (non-hydrogen) atoms. The van der Waals surface area contributed by atoms with E-state index in [0.29, 0.717) is 18.7 Å². The second-order valence-corrected chi connectivity index (χ2v) is 4.49. The predicted octanol–water partition coefficient (Wildman–Crippen LogP) is 2.42. The van der Waals surface area contributed by atoms with Gasteiger partial charge in [-0.3, -0.25) is 9.69 Å². The molecule has 0 unspecified atom stereocenters. The first-order valence-electron chi connectivity index (χ1n) is 5.14. The Morgan fingerprint density at radius 3 is 2.87 bits per heavy atom. The van der Waals surface area contributed by atoms with E-state index in [1.165, 1.54) is 5.56 Å². The van der Waals surface area contributed by atoms with Crippen LogP contribution in [0.1, 0.15) is 17.5 Å². The standard InChI is InChI=1S/C12H14ClNO/c1-9-6-10(2-3-12(9)13)7-14-5-4-11(15)8-14/h2-3,6H,4-5,7-8H2,1H3. The number of carbonyl (C=O) groups excluding carboxylic acids is 1. The zero-order valence-electron chi connectivity index (χ0n) is 8.79. The van der Waals surface area contributed by atoms with Crippen LogP contribution in [0.3, 0.4) is 0 Å². The average Bonchev–Trinajstić information content (AvgIpc) is 2.58. The van der Waals surface area contributed by atoms with Crippen molar-refractivity contribution in [2.75, 3.05) is 13.1 Å². The lowest BCUT2D eigenvalue weighted by molar-refractivity contribution is -0.116. The van der Waals surface area contributed by atoms with Gasteiger partial charge in [0.2, 0.25) is 0 Å². The molecule has 3 heteroatoms. The summed E-state index contributed by atoms with van der Waals surface area (Å²) in [7, 11) is 0. The first kappa shape index (κ1) is 10.7. The van der Waals surface area contributed by atoms with Crippen molar-refractivity contribution in [2.24, 2.45) is 0 Å². The summed E-state index contributed by atoms with van der Waals surface area (Å²) in [5.41, 5.74) is 2.33. The number of hydrogen-bond donors (Lipinski definition) is 0. The van der Waals surface area contributed by atoms with Gasteiger partial charge in [-0.05, 0) is 24.1 Å². The Morgan fingerprint density at radius 1 is 1.47 bits per heavy atom. The summed E-state index contributed by atoms with van der Waals surface area (Å²) in [4.78, 5) is 13.3. The SMILES string of the molecule is Cc1cc(CN2CCC(=O)C2)ccc1Cl. The molecule has 0 aromatic heterocycles. The molecule has 1 saturated heterocycles. The maximum Gasteiger partial charge on any atom is 0.148 e. The van der Waals surface area contributed by atoms with Gasteiger partial charge in [-0.15, -0.1) is 0 Å². The van der Waals surface area contributed by atoms with Crippen LogP contribution in [0.2, 0.25) is 5.02 Å². The zero-order chi connectivity index (χ0) is 10.8. The van der Waals surface area contributed by atoms with Crippen molar-refractivity contribution in [1.82, 2.24) is 4.90 Å². The minimum Gasteiger partial charge on any atom is -0.298 e. The molecule has 1 aliphatic rings. The topological polar surface area (TPSA) is 20.3 Å². The highest BCUT2D eigenvalue weighted by Gasteiger charge is 2.18. The monoisotopic (exact) mass is 223 g/mol. The van der Waals surface area contributed by atoms with Crippen LogP contribution in [-0.4, -0.2) is 23.8 Å². The molecule has 0 spiro atoms. The lowest BCUT2D eigenvalue weighted by atomic mass is 10.1. The van der Waals surface area contributed by atoms with Gasteiger partial charge in [0.25, 0.3) is 0 Å². The average molecular weight is 224 g/mol. The first-order valence-corrected chi connectivity index (χ1v) is 5.52. The molecule has 2 rings (SSSR count). The first-order chi connectivity index (χ1) is 7.15. The molecule has 2 nitrogen and oxygen atoms in total. The van der Waals surface area contributed by atoms with E-state index in [1.54, 1.807) is 0 Å². The molecule has 0 bridgehead atoms. The van der Waals surface area contributed by atoms with Crippen LogP contribution in [0.4, 0.5) is 0 Å². The number of nitrogens with zero attached hydrogens (tertiary/aromatic N) is 1. The van der Waals surface area contributed by atoms with Crippen LogP contribution in [0, 0.1) is 6.92 Å². The second kappa shape index (κ2) is 4.33. The highest BCUT2D eigenvalue weighted by Crippen LogP contribution is 2.18. The molecule has 1 aromatic rings. The number of benzene rings is 1. The number of hydrogen-bond acceptors (Lipinski definition) is 2. The van der Waals surface area contributed by atoms with Crippen LogP contribution < -0.4 is 0 Å². The van der Waals surface area contributed by atoms with Crippen molar-refractivity contribution in [1.29, 1.82) is 0 Å². The van der Waals surface area contributed by atoms with Crippen LogP contribution in [0.15, 0.2) is 18.2 Å². The summed E-state index contributed by atoms with van der Waals surface area (Å²) in [5.74, 6) is 0.348.